The van der Waals surface area contributed by atoms with E-state index in [0.717, 1.165) is 8.95 Å². The van der Waals surface area contributed by atoms with Crippen LogP contribution in [0.15, 0.2) is 54.3 Å². The molecule has 0 amide bonds. The van der Waals surface area contributed by atoms with Crippen molar-refractivity contribution in [3.63, 3.8) is 0 Å². The molecule has 2 aromatic carbocycles. The Hall–Kier alpha value is 0.871. The summed E-state index contributed by atoms with van der Waals surface area (Å²) in [6, 6.07) is 9.22. The summed E-state index contributed by atoms with van der Waals surface area (Å²) in [5.74, 6) is -2.34. The number of benzene rings is 2. The fourth-order valence-electron chi connectivity index (χ4n) is 1.25. The maximum Gasteiger partial charge on any atom is 2.00 e. The van der Waals surface area contributed by atoms with Crippen molar-refractivity contribution in [2.24, 2.45) is 0 Å². The number of hydrogen-bond donors (Lipinski definition) is 0. The van der Waals surface area contributed by atoms with Gasteiger partial charge in [-0.3, -0.25) is 0 Å². The molecule has 0 heterocycles. The van der Waals surface area contributed by atoms with Crippen LogP contribution in [0, 0.1) is 0 Å². The number of halogens is 4. The van der Waals surface area contributed by atoms with Gasteiger partial charge in [-0.25, -0.2) is 0 Å². The number of aromatic carboxylic acids is 2. The Kier molecular flexibility index (Phi) is 11.9. The van der Waals surface area contributed by atoms with Gasteiger partial charge in [0, 0.05) is 17.9 Å². The minimum atomic E-state index is -1.17. The molecule has 9 heteroatoms. The molecule has 0 aromatic heterocycles. The Balaban J connectivity index is 0.000000403. The normalized spacial score (nSPS) is 9.22. The summed E-state index contributed by atoms with van der Waals surface area (Å²) in [5.41, 5.74) is 0.333. The number of rotatable bonds is 2. The Bertz CT molecular complexity index is 660. The van der Waals surface area contributed by atoms with Gasteiger partial charge < -0.3 is 19.8 Å². The Morgan fingerprint density at radius 2 is 0.957 bits per heavy atom. The first kappa shape index (κ1) is 23.9. The van der Waals surface area contributed by atoms with E-state index in [9.17, 15) is 19.8 Å². The van der Waals surface area contributed by atoms with Gasteiger partial charge in [-0.05, 0) is 99.1 Å². The van der Waals surface area contributed by atoms with Crippen molar-refractivity contribution in [3.8, 4) is 0 Å². The summed E-state index contributed by atoms with van der Waals surface area (Å²) >= 11 is 12.8. The second kappa shape index (κ2) is 11.5. The summed E-state index contributed by atoms with van der Waals surface area (Å²) in [6.45, 7) is 0. The van der Waals surface area contributed by atoms with Gasteiger partial charge in [0.2, 0.25) is 0 Å². The van der Waals surface area contributed by atoms with Gasteiger partial charge in [0.15, 0.2) is 0 Å². The van der Waals surface area contributed by atoms with E-state index in [1.54, 1.807) is 12.1 Å². The zero-order valence-electron chi connectivity index (χ0n) is 11.3. The monoisotopic (exact) mass is 692 g/mol. The number of carbonyl (C=O) groups is 2. The molecule has 0 unspecified atom stereocenters. The third kappa shape index (κ3) is 8.19. The standard InChI is InChI=1S/2C7H4Br2O2.Ba/c2*8-5-2-1-4(7(10)11)3-6(5)9;/h2*1-3H,(H,10,11);/q;;+2/p-2. The van der Waals surface area contributed by atoms with Crippen molar-refractivity contribution in [2.75, 3.05) is 0 Å². The number of hydrogen-bond acceptors (Lipinski definition) is 4. The molecule has 0 radical (unpaired) electrons. The molecule has 116 valence electrons. The van der Waals surface area contributed by atoms with Crippen molar-refractivity contribution in [1.82, 2.24) is 0 Å². The molecule has 4 nitrogen and oxygen atoms in total. The van der Waals surface area contributed by atoms with Gasteiger partial charge in [0.05, 0.1) is 11.9 Å². The molecule has 2 aromatic rings. The van der Waals surface area contributed by atoms with E-state index in [1.807, 2.05) is 0 Å². The first-order valence-corrected chi connectivity index (χ1v) is 8.72. The van der Waals surface area contributed by atoms with Crippen LogP contribution >= 0.6 is 63.7 Å². The van der Waals surface area contributed by atoms with E-state index >= 15 is 0 Å². The molecule has 0 N–H and O–H groups in total. The molecule has 2 rings (SSSR count). The van der Waals surface area contributed by atoms with Crippen LogP contribution in [0.4, 0.5) is 0 Å². The SMILES string of the molecule is O=C([O-])c1ccc(Br)c(Br)c1.O=C([O-])c1ccc(Br)c(Br)c1.[Ba+2]. The number of carboxylic acids is 2. The molecular formula is C14H6BaBr4O4. The topological polar surface area (TPSA) is 80.3 Å². The predicted molar refractivity (Wildman–Crippen MR) is 98.1 cm³/mol. The van der Waals surface area contributed by atoms with Gasteiger partial charge >= 0.3 is 48.9 Å². The largest absolute Gasteiger partial charge is 2.00 e. The van der Waals surface area contributed by atoms with Crippen LogP contribution in [0.5, 0.6) is 0 Å². The second-order valence-corrected chi connectivity index (χ2v) is 7.25. The predicted octanol–water partition coefficient (Wildman–Crippen LogP) is 2.77. The zero-order chi connectivity index (χ0) is 16.9. The molecular weight excluding hydrogens is 689 g/mol. The van der Waals surface area contributed by atoms with Gasteiger partial charge in [-0.15, -0.1) is 0 Å². The molecule has 0 aliphatic carbocycles. The van der Waals surface area contributed by atoms with Gasteiger partial charge in [-0.2, -0.15) is 0 Å². The van der Waals surface area contributed by atoms with Crippen LogP contribution in [0.2, 0.25) is 0 Å². The molecule has 0 saturated carbocycles. The zero-order valence-corrected chi connectivity index (χ0v) is 22.1. The molecule has 0 spiro atoms. The minimum absolute atomic E-state index is 0. The fraction of sp³-hybridized carbons (Fsp3) is 0. The van der Waals surface area contributed by atoms with Gasteiger partial charge in [0.25, 0.3) is 0 Å². The van der Waals surface area contributed by atoms with E-state index in [2.05, 4.69) is 63.7 Å². The van der Waals surface area contributed by atoms with Crippen molar-refractivity contribution >= 4 is 125 Å². The van der Waals surface area contributed by atoms with Crippen LogP contribution in [-0.4, -0.2) is 60.8 Å². The third-order valence-corrected chi connectivity index (χ3v) is 6.07. The van der Waals surface area contributed by atoms with Crippen molar-refractivity contribution in [2.45, 2.75) is 0 Å². The smallest absolute Gasteiger partial charge is 0.545 e. The van der Waals surface area contributed by atoms with Gasteiger partial charge in [-0.1, -0.05) is 12.1 Å². The molecule has 0 bridgehead atoms. The van der Waals surface area contributed by atoms with Crippen molar-refractivity contribution < 1.29 is 19.8 Å². The molecule has 0 saturated heterocycles. The molecule has 23 heavy (non-hydrogen) atoms. The Morgan fingerprint density at radius 1 is 0.652 bits per heavy atom. The maximum atomic E-state index is 10.3. The first-order chi connectivity index (χ1) is 10.2. The summed E-state index contributed by atoms with van der Waals surface area (Å²) in [6.07, 6.45) is 0. The average molecular weight is 695 g/mol. The van der Waals surface area contributed by atoms with E-state index in [0.29, 0.717) is 8.95 Å². The first-order valence-electron chi connectivity index (χ1n) is 5.55. The van der Waals surface area contributed by atoms with E-state index in [4.69, 9.17) is 0 Å². The van der Waals surface area contributed by atoms with Crippen LogP contribution in [0.3, 0.4) is 0 Å². The Morgan fingerprint density at radius 3 is 1.17 bits per heavy atom. The third-order valence-electron chi connectivity index (χ3n) is 2.31. The number of carboxylic acid groups (broad SMARTS) is 2. The quantitative estimate of drug-likeness (QED) is 0.454. The second-order valence-electron chi connectivity index (χ2n) is 3.83. The molecule has 0 aliphatic heterocycles. The van der Waals surface area contributed by atoms with Crippen LogP contribution in [0.25, 0.3) is 0 Å². The van der Waals surface area contributed by atoms with Crippen LogP contribution in [0.1, 0.15) is 20.7 Å². The van der Waals surface area contributed by atoms with Crippen molar-refractivity contribution in [3.05, 3.63) is 65.4 Å². The fourth-order valence-corrected chi connectivity index (χ4v) is 2.50. The van der Waals surface area contributed by atoms with Crippen LogP contribution in [-0.2, 0) is 0 Å². The van der Waals surface area contributed by atoms with E-state index < -0.39 is 11.9 Å². The van der Waals surface area contributed by atoms with Crippen LogP contribution < -0.4 is 10.2 Å². The molecule has 0 aliphatic rings. The maximum absolute atomic E-state index is 10.3. The Labute approximate surface area is 206 Å². The summed E-state index contributed by atoms with van der Waals surface area (Å²) in [4.78, 5) is 20.6. The van der Waals surface area contributed by atoms with Gasteiger partial charge in [0.1, 0.15) is 0 Å². The molecule has 0 fully saturated rings. The number of carbonyl (C=O) groups excluding carboxylic acids is 2. The molecule has 0 atom stereocenters. The average Bonchev–Trinajstić information content (AvgIpc) is 2.45. The minimum Gasteiger partial charge on any atom is -0.545 e. The summed E-state index contributed by atoms with van der Waals surface area (Å²) in [7, 11) is 0. The van der Waals surface area contributed by atoms with Crippen molar-refractivity contribution in [1.29, 1.82) is 0 Å². The summed E-state index contributed by atoms with van der Waals surface area (Å²) < 4.78 is 3.06. The summed E-state index contributed by atoms with van der Waals surface area (Å²) in [5, 5.41) is 20.6. The van der Waals surface area contributed by atoms with E-state index in [1.165, 1.54) is 24.3 Å². The van der Waals surface area contributed by atoms with E-state index in [-0.39, 0.29) is 60.0 Å².